The molecule has 0 fully saturated rings. The van der Waals surface area contributed by atoms with Crippen LogP contribution < -0.4 is 4.74 Å². The Morgan fingerprint density at radius 2 is 1.89 bits per heavy atom. The van der Waals surface area contributed by atoms with E-state index in [0.717, 1.165) is 12.1 Å². The van der Waals surface area contributed by atoms with Crippen molar-refractivity contribution in [3.63, 3.8) is 0 Å². The number of nitrogens with zero attached hydrogens (tertiary/aromatic N) is 2. The lowest BCUT2D eigenvalue weighted by Gasteiger charge is -2.09. The Labute approximate surface area is 114 Å². The van der Waals surface area contributed by atoms with Gasteiger partial charge >= 0.3 is 0 Å². The molecule has 3 nitrogen and oxygen atoms in total. The Morgan fingerprint density at radius 3 is 2.53 bits per heavy atom. The first-order chi connectivity index (χ1) is 8.95. The molecular formula is C13H11ClF2N2O. The van der Waals surface area contributed by atoms with Gasteiger partial charge in [0.2, 0.25) is 5.88 Å². The van der Waals surface area contributed by atoms with Gasteiger partial charge in [0.05, 0.1) is 0 Å². The van der Waals surface area contributed by atoms with Crippen molar-refractivity contribution in [1.29, 1.82) is 0 Å². The predicted molar refractivity (Wildman–Crippen MR) is 67.6 cm³/mol. The van der Waals surface area contributed by atoms with Crippen molar-refractivity contribution in [1.82, 2.24) is 9.97 Å². The van der Waals surface area contributed by atoms with Gasteiger partial charge in [-0.15, -0.1) is 0 Å². The Morgan fingerprint density at radius 1 is 1.16 bits per heavy atom. The maximum Gasteiger partial charge on any atom is 0.224 e. The largest absolute Gasteiger partial charge is 0.436 e. The summed E-state index contributed by atoms with van der Waals surface area (Å²) in [6.07, 6.45) is 0. The molecule has 0 spiro atoms. The van der Waals surface area contributed by atoms with Crippen molar-refractivity contribution in [2.75, 3.05) is 0 Å². The first kappa shape index (κ1) is 13.7. The minimum absolute atomic E-state index is 0.0547. The molecule has 0 aliphatic rings. The highest BCUT2D eigenvalue weighted by atomic mass is 35.5. The number of hydrogen-bond acceptors (Lipinski definition) is 3. The Balaban J connectivity index is 2.32. The van der Waals surface area contributed by atoms with Gasteiger partial charge in [-0.3, -0.25) is 0 Å². The van der Waals surface area contributed by atoms with Gasteiger partial charge in [0.1, 0.15) is 16.8 Å². The van der Waals surface area contributed by atoms with E-state index in [0.29, 0.717) is 5.82 Å². The second kappa shape index (κ2) is 5.48. The highest BCUT2D eigenvalue weighted by Crippen LogP contribution is 2.26. The molecule has 1 aromatic carbocycles. The quantitative estimate of drug-likeness (QED) is 0.787. The molecule has 0 saturated heterocycles. The average molecular weight is 285 g/mol. The Kier molecular flexibility index (Phi) is 3.95. The molecule has 0 saturated carbocycles. The van der Waals surface area contributed by atoms with Crippen LogP contribution in [0.2, 0.25) is 5.15 Å². The van der Waals surface area contributed by atoms with E-state index in [4.69, 9.17) is 16.3 Å². The number of aromatic nitrogens is 2. The summed E-state index contributed by atoms with van der Waals surface area (Å²) in [7, 11) is 0. The lowest BCUT2D eigenvalue weighted by molar-refractivity contribution is 0.420. The van der Waals surface area contributed by atoms with Crippen molar-refractivity contribution in [2.24, 2.45) is 0 Å². The van der Waals surface area contributed by atoms with Gasteiger partial charge in [0, 0.05) is 18.1 Å². The summed E-state index contributed by atoms with van der Waals surface area (Å²) in [4.78, 5) is 8.15. The molecule has 0 aliphatic carbocycles. The molecule has 100 valence electrons. The summed E-state index contributed by atoms with van der Waals surface area (Å²) in [6.45, 7) is 3.79. The van der Waals surface area contributed by atoms with Crippen molar-refractivity contribution < 1.29 is 13.5 Å². The van der Waals surface area contributed by atoms with Gasteiger partial charge in [-0.25, -0.2) is 13.8 Å². The molecule has 1 aromatic heterocycles. The van der Waals surface area contributed by atoms with E-state index in [9.17, 15) is 8.78 Å². The standard InChI is InChI=1S/C13H11ClF2N2O/c1-7(2)13-17-11(14)6-12(18-13)19-10-4-3-8(15)5-9(10)16/h3-7H,1-2H3. The smallest absolute Gasteiger partial charge is 0.224 e. The zero-order chi connectivity index (χ0) is 14.0. The normalized spacial score (nSPS) is 10.8. The fraction of sp³-hybridized carbons (Fsp3) is 0.231. The van der Waals surface area contributed by atoms with Crippen LogP contribution in [0.5, 0.6) is 11.6 Å². The molecule has 2 rings (SSSR count). The van der Waals surface area contributed by atoms with Crippen LogP contribution in [0.15, 0.2) is 24.3 Å². The molecule has 1 heterocycles. The van der Waals surface area contributed by atoms with Crippen LogP contribution in [0.4, 0.5) is 8.78 Å². The maximum absolute atomic E-state index is 13.5. The van der Waals surface area contributed by atoms with E-state index in [1.54, 1.807) is 0 Å². The van der Waals surface area contributed by atoms with Crippen LogP contribution >= 0.6 is 11.6 Å². The Hall–Kier alpha value is -1.75. The highest BCUT2D eigenvalue weighted by Gasteiger charge is 2.11. The zero-order valence-electron chi connectivity index (χ0n) is 10.3. The minimum atomic E-state index is -0.805. The minimum Gasteiger partial charge on any atom is -0.436 e. The van der Waals surface area contributed by atoms with Crippen molar-refractivity contribution >= 4 is 11.6 Å². The topological polar surface area (TPSA) is 35.0 Å². The molecule has 0 aliphatic heterocycles. The molecule has 0 N–H and O–H groups in total. The number of rotatable bonds is 3. The summed E-state index contributed by atoms with van der Waals surface area (Å²) >= 11 is 5.84. The first-order valence-electron chi connectivity index (χ1n) is 5.63. The molecule has 0 atom stereocenters. The molecule has 2 aromatic rings. The van der Waals surface area contributed by atoms with Crippen LogP contribution in [0.1, 0.15) is 25.6 Å². The van der Waals surface area contributed by atoms with Gasteiger partial charge in [0.25, 0.3) is 0 Å². The number of ether oxygens (including phenoxy) is 1. The van der Waals surface area contributed by atoms with E-state index in [1.165, 1.54) is 12.1 Å². The summed E-state index contributed by atoms with van der Waals surface area (Å²) in [5.41, 5.74) is 0. The van der Waals surface area contributed by atoms with E-state index in [-0.39, 0.29) is 22.7 Å². The van der Waals surface area contributed by atoms with E-state index in [2.05, 4.69) is 9.97 Å². The summed E-state index contributed by atoms with van der Waals surface area (Å²) in [5.74, 6) is -0.932. The first-order valence-corrected chi connectivity index (χ1v) is 6.01. The van der Waals surface area contributed by atoms with Crippen LogP contribution in [0, 0.1) is 11.6 Å². The van der Waals surface area contributed by atoms with E-state index in [1.807, 2.05) is 13.8 Å². The molecule has 0 radical (unpaired) electrons. The lowest BCUT2D eigenvalue weighted by atomic mass is 10.2. The van der Waals surface area contributed by atoms with Crippen molar-refractivity contribution in [3.8, 4) is 11.6 Å². The average Bonchev–Trinajstić information content (AvgIpc) is 2.32. The highest BCUT2D eigenvalue weighted by molar-refractivity contribution is 6.29. The molecule has 0 bridgehead atoms. The molecule has 19 heavy (non-hydrogen) atoms. The van der Waals surface area contributed by atoms with Crippen LogP contribution in [0.3, 0.4) is 0 Å². The predicted octanol–water partition coefficient (Wildman–Crippen LogP) is 4.32. The SMILES string of the molecule is CC(C)c1nc(Cl)cc(Oc2ccc(F)cc2F)n1. The lowest BCUT2D eigenvalue weighted by Crippen LogP contribution is -2.00. The van der Waals surface area contributed by atoms with Gasteiger partial charge in [-0.05, 0) is 12.1 Å². The Bertz CT molecular complexity index is 605. The molecule has 0 unspecified atom stereocenters. The third kappa shape index (κ3) is 3.38. The third-order valence-electron chi connectivity index (χ3n) is 2.31. The summed E-state index contributed by atoms with van der Waals surface area (Å²) in [6, 6.07) is 4.40. The van der Waals surface area contributed by atoms with Crippen LogP contribution in [0.25, 0.3) is 0 Å². The molecule has 0 amide bonds. The van der Waals surface area contributed by atoms with Crippen LogP contribution in [-0.2, 0) is 0 Å². The summed E-state index contributed by atoms with van der Waals surface area (Å²) in [5, 5.41) is 0.205. The molecule has 6 heteroatoms. The van der Waals surface area contributed by atoms with E-state index < -0.39 is 11.6 Å². The van der Waals surface area contributed by atoms with Gasteiger partial charge < -0.3 is 4.74 Å². The fourth-order valence-electron chi connectivity index (χ4n) is 1.39. The second-order valence-electron chi connectivity index (χ2n) is 4.22. The van der Waals surface area contributed by atoms with Gasteiger partial charge in [0.15, 0.2) is 11.6 Å². The van der Waals surface area contributed by atoms with Gasteiger partial charge in [-0.2, -0.15) is 4.98 Å². The third-order valence-corrected chi connectivity index (χ3v) is 2.51. The number of hydrogen-bond donors (Lipinski definition) is 0. The van der Waals surface area contributed by atoms with Crippen molar-refractivity contribution in [3.05, 3.63) is 46.9 Å². The zero-order valence-corrected chi connectivity index (χ0v) is 11.1. The van der Waals surface area contributed by atoms with E-state index >= 15 is 0 Å². The summed E-state index contributed by atoms with van der Waals surface area (Å²) < 4.78 is 31.5. The van der Waals surface area contributed by atoms with Crippen LogP contribution in [-0.4, -0.2) is 9.97 Å². The second-order valence-corrected chi connectivity index (χ2v) is 4.61. The van der Waals surface area contributed by atoms with Crippen molar-refractivity contribution in [2.45, 2.75) is 19.8 Å². The number of benzene rings is 1. The number of halogens is 3. The maximum atomic E-state index is 13.5. The fourth-order valence-corrected chi connectivity index (χ4v) is 1.57. The van der Waals surface area contributed by atoms with Gasteiger partial charge in [-0.1, -0.05) is 25.4 Å². The molecular weight excluding hydrogens is 274 g/mol. The monoisotopic (exact) mass is 284 g/mol.